The molecule has 20 heavy (non-hydrogen) atoms. The van der Waals surface area contributed by atoms with Crippen LogP contribution in [0.25, 0.3) is 10.9 Å². The Bertz CT molecular complexity index is 649. The molecule has 0 spiro atoms. The number of rotatable bonds is 3. The molecule has 2 N–H and O–H groups in total. The number of nitrogens with two attached hydrogens (primary N) is 1. The molecule has 2 rings (SSSR count). The van der Waals surface area contributed by atoms with Crippen LogP contribution in [0.5, 0.6) is 0 Å². The van der Waals surface area contributed by atoms with Crippen molar-refractivity contribution in [2.75, 3.05) is 12.8 Å². The van der Waals surface area contributed by atoms with Gasteiger partial charge in [-0.3, -0.25) is 4.79 Å². The number of carbonyl (C=O) groups excluding carboxylic acids is 1. The summed E-state index contributed by atoms with van der Waals surface area (Å²) in [6.45, 7) is 6.18. The van der Waals surface area contributed by atoms with Crippen LogP contribution < -0.4 is 5.73 Å². The lowest BCUT2D eigenvalue weighted by Crippen LogP contribution is -2.44. The molecule has 0 aliphatic carbocycles. The van der Waals surface area contributed by atoms with E-state index in [1.54, 1.807) is 11.0 Å². The number of carbonyl (C=O) groups is 1. The lowest BCUT2D eigenvalue weighted by molar-refractivity contribution is 0.0622. The van der Waals surface area contributed by atoms with E-state index >= 15 is 0 Å². The van der Waals surface area contributed by atoms with E-state index in [9.17, 15) is 4.79 Å². The lowest BCUT2D eigenvalue weighted by atomic mass is 9.98. The van der Waals surface area contributed by atoms with Crippen LogP contribution in [-0.2, 0) is 0 Å². The van der Waals surface area contributed by atoms with Gasteiger partial charge < -0.3 is 10.6 Å². The monoisotopic (exact) mass is 271 g/mol. The van der Waals surface area contributed by atoms with Crippen molar-refractivity contribution in [1.29, 1.82) is 0 Å². The Balaban J connectivity index is 2.55. The van der Waals surface area contributed by atoms with Crippen molar-refractivity contribution in [3.8, 4) is 0 Å². The minimum atomic E-state index is -0.198. The average molecular weight is 271 g/mol. The van der Waals surface area contributed by atoms with E-state index in [-0.39, 0.29) is 11.4 Å². The number of fused-ring (bicyclic) bond motifs is 1. The van der Waals surface area contributed by atoms with Crippen molar-refractivity contribution in [1.82, 2.24) is 9.88 Å². The first-order chi connectivity index (χ1) is 9.36. The second kappa shape index (κ2) is 5.12. The van der Waals surface area contributed by atoms with Crippen molar-refractivity contribution in [2.45, 2.75) is 32.7 Å². The zero-order valence-electron chi connectivity index (χ0n) is 12.5. The molecule has 1 aromatic carbocycles. The van der Waals surface area contributed by atoms with Crippen molar-refractivity contribution < 1.29 is 4.79 Å². The zero-order valence-corrected chi connectivity index (χ0v) is 12.5. The molecule has 0 atom stereocenters. The molecule has 1 aromatic heterocycles. The maximum atomic E-state index is 12.8. The van der Waals surface area contributed by atoms with Gasteiger partial charge in [-0.05, 0) is 32.4 Å². The highest BCUT2D eigenvalue weighted by molar-refractivity contribution is 6.07. The molecular weight excluding hydrogens is 250 g/mol. The van der Waals surface area contributed by atoms with Crippen LogP contribution in [0.4, 0.5) is 5.82 Å². The highest BCUT2D eigenvalue weighted by atomic mass is 16.2. The summed E-state index contributed by atoms with van der Waals surface area (Å²) < 4.78 is 0. The molecule has 4 heteroatoms. The van der Waals surface area contributed by atoms with Gasteiger partial charge in [-0.25, -0.2) is 4.98 Å². The molecule has 0 saturated carbocycles. The summed E-state index contributed by atoms with van der Waals surface area (Å²) >= 11 is 0. The second-order valence-corrected chi connectivity index (χ2v) is 5.64. The van der Waals surface area contributed by atoms with Crippen molar-refractivity contribution >= 4 is 22.6 Å². The number of amides is 1. The van der Waals surface area contributed by atoms with Crippen LogP contribution in [0.2, 0.25) is 0 Å². The van der Waals surface area contributed by atoms with Gasteiger partial charge in [0.05, 0.1) is 11.1 Å². The standard InChI is InChI=1S/C16H21N3O/c1-5-16(2,3)19(4)15(20)12-10-14(17)18-13-9-7-6-8-11(12)13/h6-10H,5H2,1-4H3,(H2,17,18). The SMILES string of the molecule is CCC(C)(C)N(C)C(=O)c1cc(N)nc2ccccc12. The highest BCUT2D eigenvalue weighted by Crippen LogP contribution is 2.24. The number of hydrogen-bond acceptors (Lipinski definition) is 3. The normalized spacial score (nSPS) is 11.6. The molecule has 0 radical (unpaired) electrons. The van der Waals surface area contributed by atoms with Gasteiger partial charge in [-0.1, -0.05) is 25.1 Å². The van der Waals surface area contributed by atoms with Gasteiger partial charge in [0.15, 0.2) is 0 Å². The van der Waals surface area contributed by atoms with E-state index in [4.69, 9.17) is 5.73 Å². The van der Waals surface area contributed by atoms with Gasteiger partial charge in [0.1, 0.15) is 5.82 Å². The van der Waals surface area contributed by atoms with Crippen LogP contribution >= 0.6 is 0 Å². The number of nitrogens with zero attached hydrogens (tertiary/aromatic N) is 2. The van der Waals surface area contributed by atoms with Gasteiger partial charge in [0, 0.05) is 18.0 Å². The summed E-state index contributed by atoms with van der Waals surface area (Å²) in [5.74, 6) is 0.344. The third-order valence-corrected chi connectivity index (χ3v) is 4.04. The molecule has 2 aromatic rings. The van der Waals surface area contributed by atoms with E-state index < -0.39 is 0 Å². The second-order valence-electron chi connectivity index (χ2n) is 5.64. The molecule has 0 bridgehead atoms. The van der Waals surface area contributed by atoms with Crippen LogP contribution in [0.15, 0.2) is 30.3 Å². The van der Waals surface area contributed by atoms with Gasteiger partial charge in [0.25, 0.3) is 5.91 Å². The molecule has 0 saturated heterocycles. The average Bonchev–Trinajstić information content (AvgIpc) is 2.44. The Labute approximate surface area is 119 Å². The number of hydrogen-bond donors (Lipinski definition) is 1. The fourth-order valence-corrected chi connectivity index (χ4v) is 2.07. The van der Waals surface area contributed by atoms with Crippen molar-refractivity contribution in [2.24, 2.45) is 0 Å². The summed E-state index contributed by atoms with van der Waals surface area (Å²) in [5.41, 5.74) is 6.98. The van der Waals surface area contributed by atoms with Gasteiger partial charge >= 0.3 is 0 Å². The lowest BCUT2D eigenvalue weighted by Gasteiger charge is -2.35. The Kier molecular flexibility index (Phi) is 3.66. The van der Waals surface area contributed by atoms with Gasteiger partial charge in [-0.15, -0.1) is 0 Å². The zero-order chi connectivity index (χ0) is 14.9. The fourth-order valence-electron chi connectivity index (χ4n) is 2.07. The van der Waals surface area contributed by atoms with Gasteiger partial charge in [-0.2, -0.15) is 0 Å². The van der Waals surface area contributed by atoms with E-state index in [0.717, 1.165) is 17.3 Å². The maximum Gasteiger partial charge on any atom is 0.254 e. The summed E-state index contributed by atoms with van der Waals surface area (Å²) in [4.78, 5) is 18.8. The maximum absolute atomic E-state index is 12.8. The molecule has 0 unspecified atom stereocenters. The molecule has 1 amide bonds. The molecule has 0 aliphatic rings. The summed E-state index contributed by atoms with van der Waals surface area (Å²) in [7, 11) is 1.83. The summed E-state index contributed by atoms with van der Waals surface area (Å²) in [6.07, 6.45) is 0.883. The Hall–Kier alpha value is -2.10. The Morgan fingerprint density at radius 3 is 2.65 bits per heavy atom. The van der Waals surface area contributed by atoms with E-state index in [1.807, 2.05) is 31.3 Å². The third kappa shape index (κ3) is 2.46. The first-order valence-corrected chi connectivity index (χ1v) is 6.80. The predicted molar refractivity (Wildman–Crippen MR) is 82.6 cm³/mol. The molecule has 0 aliphatic heterocycles. The molecule has 106 valence electrons. The molecule has 1 heterocycles. The number of aromatic nitrogens is 1. The number of para-hydroxylation sites is 1. The van der Waals surface area contributed by atoms with E-state index in [2.05, 4.69) is 25.8 Å². The highest BCUT2D eigenvalue weighted by Gasteiger charge is 2.27. The van der Waals surface area contributed by atoms with Crippen LogP contribution in [0.1, 0.15) is 37.6 Å². The van der Waals surface area contributed by atoms with E-state index in [1.165, 1.54) is 0 Å². The molecule has 4 nitrogen and oxygen atoms in total. The number of anilines is 1. The predicted octanol–water partition coefficient (Wildman–Crippen LogP) is 3.08. The Morgan fingerprint density at radius 2 is 2.00 bits per heavy atom. The molecular formula is C16H21N3O. The Morgan fingerprint density at radius 1 is 1.35 bits per heavy atom. The van der Waals surface area contributed by atoms with Crippen LogP contribution in [-0.4, -0.2) is 28.4 Å². The first kappa shape index (κ1) is 14.3. The largest absolute Gasteiger partial charge is 0.384 e. The summed E-state index contributed by atoms with van der Waals surface area (Å²) in [5, 5.41) is 0.838. The number of pyridine rings is 1. The van der Waals surface area contributed by atoms with E-state index in [0.29, 0.717) is 11.4 Å². The number of benzene rings is 1. The number of nitrogen functional groups attached to an aromatic ring is 1. The third-order valence-electron chi connectivity index (χ3n) is 4.04. The van der Waals surface area contributed by atoms with Gasteiger partial charge in [0.2, 0.25) is 0 Å². The minimum Gasteiger partial charge on any atom is -0.384 e. The van der Waals surface area contributed by atoms with Crippen molar-refractivity contribution in [3.05, 3.63) is 35.9 Å². The molecule has 0 fully saturated rings. The fraction of sp³-hybridized carbons (Fsp3) is 0.375. The quantitative estimate of drug-likeness (QED) is 0.933. The topological polar surface area (TPSA) is 59.2 Å². The van der Waals surface area contributed by atoms with Crippen LogP contribution in [0.3, 0.4) is 0 Å². The smallest absolute Gasteiger partial charge is 0.254 e. The first-order valence-electron chi connectivity index (χ1n) is 6.80. The summed E-state index contributed by atoms with van der Waals surface area (Å²) in [6, 6.07) is 9.23. The van der Waals surface area contributed by atoms with Crippen molar-refractivity contribution in [3.63, 3.8) is 0 Å². The minimum absolute atomic E-state index is 0.0258. The van der Waals surface area contributed by atoms with Crippen LogP contribution in [0, 0.1) is 0 Å².